The Morgan fingerprint density at radius 2 is 1.03 bits per heavy atom. The van der Waals surface area contributed by atoms with E-state index in [1.165, 1.54) is 0 Å². The number of carbonyl (C=O) groups is 2. The van der Waals surface area contributed by atoms with Gasteiger partial charge in [-0.3, -0.25) is 20.0 Å². The predicted octanol–water partition coefficient (Wildman–Crippen LogP) is 1.48. The van der Waals surface area contributed by atoms with Crippen LogP contribution in [0.2, 0.25) is 0 Å². The Kier molecular flexibility index (Phi) is 19.1. The zero-order chi connectivity index (χ0) is 21.7. The number of hydrogen-bond donors (Lipinski definition) is 2. The second-order valence-corrected chi connectivity index (χ2v) is 6.51. The quantitative estimate of drug-likeness (QED) is 0.172. The van der Waals surface area contributed by atoms with E-state index in [9.17, 15) is 20.0 Å². The van der Waals surface area contributed by atoms with Gasteiger partial charge in [0.25, 0.3) is 0 Å². The van der Waals surface area contributed by atoms with Crippen molar-refractivity contribution in [2.75, 3.05) is 67.0 Å². The first-order valence-electron chi connectivity index (χ1n) is 10.1. The van der Waals surface area contributed by atoms with E-state index in [-0.39, 0.29) is 37.7 Å². The number of amides is 2. The number of carbonyl (C=O) groups excluding carboxylic acids is 2. The lowest BCUT2D eigenvalue weighted by Crippen LogP contribution is -2.29. The smallest absolute Gasteiger partial charge is 0.245 e. The van der Waals surface area contributed by atoms with Crippen LogP contribution in [0.4, 0.5) is 0 Å². The lowest BCUT2D eigenvalue weighted by molar-refractivity contribution is -0.166. The molecule has 0 atom stereocenters. The van der Waals surface area contributed by atoms with Gasteiger partial charge in [-0.15, -0.1) is 0 Å². The highest BCUT2D eigenvalue weighted by molar-refractivity contribution is 5.75. The van der Waals surface area contributed by atoms with Crippen molar-refractivity contribution in [3.63, 3.8) is 0 Å². The molecule has 0 aliphatic carbocycles. The summed E-state index contributed by atoms with van der Waals surface area (Å²) < 4.78 is 20.2. The van der Waals surface area contributed by atoms with Gasteiger partial charge in [-0.2, -0.15) is 0 Å². The van der Waals surface area contributed by atoms with Crippen molar-refractivity contribution >= 4 is 11.8 Å². The van der Waals surface area contributed by atoms with Gasteiger partial charge < -0.3 is 18.9 Å². The Morgan fingerprint density at radius 3 is 1.41 bits per heavy atom. The number of nitrogens with zero attached hydrogens (tertiary/aromatic N) is 2. The molecule has 0 aliphatic rings. The monoisotopic (exact) mass is 422 g/mol. The van der Waals surface area contributed by atoms with E-state index in [1.54, 1.807) is 14.2 Å². The summed E-state index contributed by atoms with van der Waals surface area (Å²) in [5.41, 5.74) is 0. The number of ether oxygens (including phenoxy) is 4. The van der Waals surface area contributed by atoms with Crippen molar-refractivity contribution in [3.8, 4) is 0 Å². The Balaban J connectivity index is 3.60. The van der Waals surface area contributed by atoms with Crippen LogP contribution < -0.4 is 0 Å². The van der Waals surface area contributed by atoms with E-state index in [0.717, 1.165) is 10.1 Å². The van der Waals surface area contributed by atoms with E-state index in [4.69, 9.17) is 18.9 Å². The molecule has 0 bridgehead atoms. The Labute approximate surface area is 173 Å². The van der Waals surface area contributed by atoms with Gasteiger partial charge in [0.1, 0.15) is 0 Å². The summed E-state index contributed by atoms with van der Waals surface area (Å²) in [6, 6.07) is 0. The normalized spacial score (nSPS) is 10.9. The zero-order valence-corrected chi connectivity index (χ0v) is 17.8. The van der Waals surface area contributed by atoms with E-state index < -0.39 is 0 Å². The molecule has 10 nitrogen and oxygen atoms in total. The second-order valence-electron chi connectivity index (χ2n) is 6.51. The molecule has 0 saturated heterocycles. The van der Waals surface area contributed by atoms with Gasteiger partial charge in [-0.05, 0) is 32.1 Å². The van der Waals surface area contributed by atoms with Crippen LogP contribution >= 0.6 is 0 Å². The van der Waals surface area contributed by atoms with Crippen molar-refractivity contribution < 1.29 is 39.0 Å². The molecule has 2 N–H and O–H groups in total. The molecule has 29 heavy (non-hydrogen) atoms. The van der Waals surface area contributed by atoms with Crippen LogP contribution in [0.5, 0.6) is 0 Å². The molecule has 0 rings (SSSR count). The Bertz CT molecular complexity index is 376. The molecule has 0 radical (unpaired) electrons. The van der Waals surface area contributed by atoms with Gasteiger partial charge in [0.2, 0.25) is 11.8 Å². The first-order chi connectivity index (χ1) is 14.0. The molecule has 0 aromatic carbocycles. The number of rotatable bonds is 20. The van der Waals surface area contributed by atoms with Crippen LogP contribution in [0.25, 0.3) is 0 Å². The highest BCUT2D eigenvalue weighted by atomic mass is 16.5. The van der Waals surface area contributed by atoms with Crippen LogP contribution in [0.3, 0.4) is 0 Å². The first kappa shape index (κ1) is 27.7. The van der Waals surface area contributed by atoms with Crippen LogP contribution in [0, 0.1) is 0 Å². The minimum atomic E-state index is -0.341. The predicted molar refractivity (Wildman–Crippen MR) is 105 cm³/mol. The molecule has 0 aromatic heterocycles. The van der Waals surface area contributed by atoms with Gasteiger partial charge in [0, 0.05) is 53.4 Å². The third kappa shape index (κ3) is 17.3. The largest absolute Gasteiger partial charge is 0.382 e. The third-order valence-electron chi connectivity index (χ3n) is 4.04. The summed E-state index contributed by atoms with van der Waals surface area (Å²) in [6.07, 6.45) is 3.37. The molecule has 0 unspecified atom stereocenters. The average Bonchev–Trinajstić information content (AvgIpc) is 2.72. The second kappa shape index (κ2) is 20.0. The van der Waals surface area contributed by atoms with Crippen molar-refractivity contribution in [2.45, 2.75) is 44.9 Å². The fourth-order valence-corrected chi connectivity index (χ4v) is 2.35. The van der Waals surface area contributed by atoms with E-state index in [1.807, 2.05) is 0 Å². The number of hydroxylamine groups is 4. The number of methoxy groups -OCH3 is 2. The summed E-state index contributed by atoms with van der Waals surface area (Å²) >= 11 is 0. The Morgan fingerprint density at radius 1 is 0.621 bits per heavy atom. The SMILES string of the molecule is COCCOCCCC(=O)N(O)CCCCCN(O)C(=O)CCCOCCOC. The molecule has 0 spiro atoms. The molecule has 0 aromatic rings. The number of hydrogen-bond acceptors (Lipinski definition) is 8. The van der Waals surface area contributed by atoms with Crippen LogP contribution in [0.1, 0.15) is 44.9 Å². The highest BCUT2D eigenvalue weighted by Gasteiger charge is 2.12. The molecule has 0 saturated carbocycles. The zero-order valence-electron chi connectivity index (χ0n) is 17.8. The molecule has 0 aliphatic heterocycles. The van der Waals surface area contributed by atoms with Gasteiger partial charge in [-0.1, -0.05) is 0 Å². The van der Waals surface area contributed by atoms with Crippen molar-refractivity contribution in [3.05, 3.63) is 0 Å². The topological polar surface area (TPSA) is 118 Å². The summed E-state index contributed by atoms with van der Waals surface area (Å²) in [4.78, 5) is 23.5. The standard InChI is InChI=1S/C19H38N2O8/c1-26-14-16-28-12-6-8-18(22)20(24)10-4-3-5-11-21(25)19(23)9-7-13-29-17-15-27-2/h24-25H,3-17H2,1-2H3. The molecule has 0 heterocycles. The number of unbranched alkanes of at least 4 members (excludes halogenated alkanes) is 2. The fraction of sp³-hybridized carbons (Fsp3) is 0.895. The maximum Gasteiger partial charge on any atom is 0.245 e. The molecular formula is C19H38N2O8. The molecule has 172 valence electrons. The lowest BCUT2D eigenvalue weighted by atomic mass is 10.2. The van der Waals surface area contributed by atoms with Gasteiger partial charge >= 0.3 is 0 Å². The minimum absolute atomic E-state index is 0.220. The molecule has 2 amide bonds. The van der Waals surface area contributed by atoms with Crippen LogP contribution in [-0.2, 0) is 28.5 Å². The van der Waals surface area contributed by atoms with Crippen molar-refractivity contribution in [1.82, 2.24) is 10.1 Å². The van der Waals surface area contributed by atoms with E-state index in [2.05, 4.69) is 0 Å². The van der Waals surface area contributed by atoms with Gasteiger partial charge in [0.05, 0.1) is 26.4 Å². The third-order valence-corrected chi connectivity index (χ3v) is 4.04. The Hall–Kier alpha value is -1.30. The summed E-state index contributed by atoms with van der Waals surface area (Å²) in [5.74, 6) is -0.681. The summed E-state index contributed by atoms with van der Waals surface area (Å²) in [5, 5.41) is 20.9. The molecule has 10 heteroatoms. The molecule has 0 fully saturated rings. The summed E-state index contributed by atoms with van der Waals surface area (Å²) in [6.45, 7) is 3.34. The minimum Gasteiger partial charge on any atom is -0.382 e. The van der Waals surface area contributed by atoms with Crippen LogP contribution in [0.15, 0.2) is 0 Å². The van der Waals surface area contributed by atoms with E-state index in [0.29, 0.717) is 71.7 Å². The van der Waals surface area contributed by atoms with Gasteiger partial charge in [-0.25, -0.2) is 10.1 Å². The van der Waals surface area contributed by atoms with Crippen LogP contribution in [-0.4, -0.2) is 99.3 Å². The fourth-order valence-electron chi connectivity index (χ4n) is 2.35. The molecular weight excluding hydrogens is 384 g/mol. The average molecular weight is 423 g/mol. The summed E-state index contributed by atoms with van der Waals surface area (Å²) in [7, 11) is 3.18. The van der Waals surface area contributed by atoms with Gasteiger partial charge in [0.15, 0.2) is 0 Å². The van der Waals surface area contributed by atoms with Crippen molar-refractivity contribution in [2.24, 2.45) is 0 Å². The lowest BCUT2D eigenvalue weighted by Gasteiger charge is -2.16. The first-order valence-corrected chi connectivity index (χ1v) is 10.1. The van der Waals surface area contributed by atoms with E-state index >= 15 is 0 Å². The van der Waals surface area contributed by atoms with Crippen molar-refractivity contribution in [1.29, 1.82) is 0 Å². The maximum absolute atomic E-state index is 11.8. The maximum atomic E-state index is 11.8. The highest BCUT2D eigenvalue weighted by Crippen LogP contribution is 2.04.